The number of unbranched alkanes of at least 4 members (excludes halogenated alkanes) is 8. The van der Waals surface area contributed by atoms with Gasteiger partial charge in [0.1, 0.15) is 12.4 Å². The molecule has 2 rings (SSSR count). The molecule has 2 heterocycles. The highest BCUT2D eigenvalue weighted by Crippen LogP contribution is 2.43. The van der Waals surface area contributed by atoms with Crippen molar-refractivity contribution < 1.29 is 28.2 Å². The first-order valence-electron chi connectivity index (χ1n) is 12.9. The number of aromatic nitrogens is 2. The number of nitrogen functional groups attached to an aromatic ring is 1. The van der Waals surface area contributed by atoms with Gasteiger partial charge in [-0.1, -0.05) is 76.8 Å². The maximum atomic E-state index is 15.6. The van der Waals surface area contributed by atoms with E-state index in [4.69, 9.17) is 31.5 Å². The van der Waals surface area contributed by atoms with E-state index in [1.165, 1.54) is 12.3 Å². The molecule has 11 heteroatoms. The average molecular weight is 532 g/mol. The van der Waals surface area contributed by atoms with Gasteiger partial charge in [0.25, 0.3) is 0 Å². The number of rotatable bonds is 16. The number of ether oxygens (including phenoxy) is 3. The van der Waals surface area contributed by atoms with E-state index in [9.17, 15) is 14.4 Å². The standard InChI is InChI=1S/C25H39ClFN3O6/c1-3-5-7-9-11-13-19(31)34-17-25(26)22(35-20(32)14-12-10-8-6-4-2)21(27)23(36-25)30-16-15-18(28)29-24(30)33/h15-16,21-23H,3-14,17H2,1-2H3,(H2,28,29,33)/t21-,22+,23-,25-/m1/s1. The second-order valence-corrected chi connectivity index (χ2v) is 9.82. The van der Waals surface area contributed by atoms with Crippen LogP contribution in [0.1, 0.15) is 97.1 Å². The van der Waals surface area contributed by atoms with E-state index in [1.54, 1.807) is 0 Å². The minimum Gasteiger partial charge on any atom is -0.461 e. The van der Waals surface area contributed by atoms with E-state index in [0.717, 1.165) is 55.9 Å². The summed E-state index contributed by atoms with van der Waals surface area (Å²) in [6, 6.07) is 1.31. The predicted octanol–water partition coefficient (Wildman–Crippen LogP) is 4.80. The molecular formula is C25H39ClFN3O6. The lowest BCUT2D eigenvalue weighted by molar-refractivity contribution is -0.164. The van der Waals surface area contributed by atoms with Gasteiger partial charge in [-0.3, -0.25) is 14.2 Å². The Bertz CT molecular complexity index is 901. The molecule has 1 saturated heterocycles. The lowest BCUT2D eigenvalue weighted by Crippen LogP contribution is -2.44. The second kappa shape index (κ2) is 15.1. The van der Waals surface area contributed by atoms with Crippen LogP contribution in [0.3, 0.4) is 0 Å². The van der Waals surface area contributed by atoms with Crippen LogP contribution in [-0.2, 0) is 23.8 Å². The summed E-state index contributed by atoms with van der Waals surface area (Å²) in [7, 11) is 0. The number of anilines is 1. The zero-order valence-corrected chi connectivity index (χ0v) is 22.0. The summed E-state index contributed by atoms with van der Waals surface area (Å²) in [6.07, 6.45) is 5.67. The highest BCUT2D eigenvalue weighted by Gasteiger charge is 2.59. The molecule has 0 aromatic carbocycles. The van der Waals surface area contributed by atoms with E-state index in [0.29, 0.717) is 12.8 Å². The third kappa shape index (κ3) is 9.03. The number of esters is 2. The van der Waals surface area contributed by atoms with Gasteiger partial charge in [0.05, 0.1) is 0 Å². The fraction of sp³-hybridized carbons (Fsp3) is 0.760. The van der Waals surface area contributed by atoms with Crippen LogP contribution in [0.4, 0.5) is 10.2 Å². The van der Waals surface area contributed by atoms with Gasteiger partial charge in [-0.05, 0) is 18.9 Å². The van der Waals surface area contributed by atoms with Crippen LogP contribution in [0.15, 0.2) is 17.1 Å². The predicted molar refractivity (Wildman–Crippen MR) is 134 cm³/mol. The topological polar surface area (TPSA) is 123 Å². The molecule has 1 aliphatic rings. The number of alkyl halides is 2. The number of halogens is 2. The molecule has 0 saturated carbocycles. The summed E-state index contributed by atoms with van der Waals surface area (Å²) >= 11 is 6.58. The molecule has 0 radical (unpaired) electrons. The average Bonchev–Trinajstić information content (AvgIpc) is 3.08. The minimum absolute atomic E-state index is 0.0410. The van der Waals surface area contributed by atoms with Crippen LogP contribution in [-0.4, -0.2) is 45.4 Å². The molecule has 0 bridgehead atoms. The molecule has 0 aliphatic carbocycles. The first-order chi connectivity index (χ1) is 17.2. The quantitative estimate of drug-likeness (QED) is 0.183. The Morgan fingerprint density at radius 3 is 2.25 bits per heavy atom. The fourth-order valence-electron chi connectivity index (χ4n) is 4.02. The Morgan fingerprint density at radius 1 is 1.08 bits per heavy atom. The smallest absolute Gasteiger partial charge is 0.351 e. The van der Waals surface area contributed by atoms with Crippen molar-refractivity contribution in [3.63, 3.8) is 0 Å². The maximum Gasteiger partial charge on any atom is 0.351 e. The van der Waals surface area contributed by atoms with Gasteiger partial charge in [-0.25, -0.2) is 9.18 Å². The van der Waals surface area contributed by atoms with E-state index >= 15 is 4.39 Å². The van der Waals surface area contributed by atoms with Gasteiger partial charge < -0.3 is 19.9 Å². The third-order valence-corrected chi connectivity index (χ3v) is 6.50. The summed E-state index contributed by atoms with van der Waals surface area (Å²) in [5.74, 6) is -1.19. The number of carbonyl (C=O) groups is 2. The van der Waals surface area contributed by atoms with Crippen molar-refractivity contribution in [2.75, 3.05) is 12.3 Å². The minimum atomic E-state index is -2.01. The molecule has 4 atom stereocenters. The molecule has 1 aromatic rings. The monoisotopic (exact) mass is 531 g/mol. The highest BCUT2D eigenvalue weighted by molar-refractivity contribution is 6.24. The first-order valence-corrected chi connectivity index (χ1v) is 13.3. The van der Waals surface area contributed by atoms with Crippen LogP contribution in [0.5, 0.6) is 0 Å². The van der Waals surface area contributed by atoms with Crippen molar-refractivity contribution in [3.05, 3.63) is 22.7 Å². The number of hydrogen-bond acceptors (Lipinski definition) is 8. The van der Waals surface area contributed by atoms with Gasteiger partial charge >= 0.3 is 17.6 Å². The molecular weight excluding hydrogens is 493 g/mol. The highest BCUT2D eigenvalue weighted by atomic mass is 35.5. The van der Waals surface area contributed by atoms with Crippen molar-refractivity contribution in [1.29, 1.82) is 0 Å². The molecule has 9 nitrogen and oxygen atoms in total. The van der Waals surface area contributed by atoms with Gasteiger partial charge in [0, 0.05) is 19.0 Å². The Balaban J connectivity index is 2.07. The zero-order chi connectivity index (χ0) is 26.6. The van der Waals surface area contributed by atoms with Gasteiger partial charge in [-0.15, -0.1) is 0 Å². The number of nitrogens with zero attached hydrogens (tertiary/aromatic N) is 2. The first kappa shape index (κ1) is 30.0. The van der Waals surface area contributed by atoms with Crippen LogP contribution >= 0.6 is 11.6 Å². The number of hydrogen-bond donors (Lipinski definition) is 1. The van der Waals surface area contributed by atoms with Gasteiger partial charge in [-0.2, -0.15) is 4.98 Å². The third-order valence-electron chi connectivity index (χ3n) is 6.09. The van der Waals surface area contributed by atoms with E-state index < -0.39 is 47.8 Å². The van der Waals surface area contributed by atoms with E-state index in [-0.39, 0.29) is 18.7 Å². The Kier molecular flexibility index (Phi) is 12.6. The van der Waals surface area contributed by atoms with Crippen molar-refractivity contribution >= 4 is 29.4 Å². The summed E-state index contributed by atoms with van der Waals surface area (Å²) in [6.45, 7) is 3.64. The van der Waals surface area contributed by atoms with Crippen molar-refractivity contribution in [2.24, 2.45) is 0 Å². The van der Waals surface area contributed by atoms with Crippen LogP contribution in [0.2, 0.25) is 0 Å². The Labute approximate surface area is 216 Å². The molecule has 1 fully saturated rings. The number of nitrogens with two attached hydrogens (primary N) is 1. The molecule has 1 aromatic heterocycles. The summed E-state index contributed by atoms with van der Waals surface area (Å²) < 4.78 is 32.8. The molecule has 204 valence electrons. The molecule has 0 unspecified atom stereocenters. The molecule has 1 aliphatic heterocycles. The van der Waals surface area contributed by atoms with Crippen LogP contribution < -0.4 is 11.4 Å². The van der Waals surface area contributed by atoms with Crippen molar-refractivity contribution in [2.45, 2.75) is 114 Å². The Morgan fingerprint density at radius 2 is 1.67 bits per heavy atom. The van der Waals surface area contributed by atoms with E-state index in [2.05, 4.69) is 18.8 Å². The summed E-state index contributed by atoms with van der Waals surface area (Å²) in [4.78, 5) is 40.6. The zero-order valence-electron chi connectivity index (χ0n) is 21.3. The van der Waals surface area contributed by atoms with Crippen molar-refractivity contribution in [1.82, 2.24) is 9.55 Å². The normalized spacial score (nSPS) is 23.5. The summed E-state index contributed by atoms with van der Waals surface area (Å²) in [5.41, 5.74) is 4.67. The maximum absolute atomic E-state index is 15.6. The van der Waals surface area contributed by atoms with E-state index in [1.807, 2.05) is 0 Å². The number of carbonyl (C=O) groups excluding carboxylic acids is 2. The summed E-state index contributed by atoms with van der Waals surface area (Å²) in [5, 5.41) is -2.01. The molecule has 0 amide bonds. The SMILES string of the molecule is CCCCCCCC(=O)OC[C@@]1(Cl)O[C@@H](n2ccc(N)nc2=O)[C@H](F)[C@@H]1OC(=O)CCCCCCC. The molecule has 2 N–H and O–H groups in total. The van der Waals surface area contributed by atoms with Gasteiger partial charge in [0.2, 0.25) is 5.06 Å². The lowest BCUT2D eigenvalue weighted by atomic mass is 10.1. The van der Waals surface area contributed by atoms with Crippen LogP contribution in [0, 0.1) is 0 Å². The molecule has 36 heavy (non-hydrogen) atoms. The lowest BCUT2D eigenvalue weighted by Gasteiger charge is -2.27. The van der Waals surface area contributed by atoms with Crippen LogP contribution in [0.25, 0.3) is 0 Å². The van der Waals surface area contributed by atoms with Crippen molar-refractivity contribution in [3.8, 4) is 0 Å². The molecule has 0 spiro atoms. The second-order valence-electron chi connectivity index (χ2n) is 9.18. The van der Waals surface area contributed by atoms with Gasteiger partial charge in [0.15, 0.2) is 18.5 Å². The fourth-order valence-corrected chi connectivity index (χ4v) is 4.33. The Hall–Kier alpha value is -2.20. The largest absolute Gasteiger partial charge is 0.461 e.